The van der Waals surface area contributed by atoms with Crippen LogP contribution in [0.25, 0.3) is 0 Å². The molecule has 122 valence electrons. The topological polar surface area (TPSA) is 46.2 Å². The molecule has 22 heavy (non-hydrogen) atoms. The lowest BCUT2D eigenvalue weighted by atomic mass is 9.95. The van der Waals surface area contributed by atoms with Crippen LogP contribution in [0.2, 0.25) is 10.0 Å². The predicted octanol–water partition coefficient (Wildman–Crippen LogP) is 4.08. The van der Waals surface area contributed by atoms with Gasteiger partial charge in [-0.25, -0.2) is 0 Å². The zero-order valence-electron chi connectivity index (χ0n) is 12.6. The summed E-state index contributed by atoms with van der Waals surface area (Å²) in [7, 11) is -1.31. The van der Waals surface area contributed by atoms with E-state index in [1.54, 1.807) is 25.1 Å². The number of nitrogens with one attached hydrogen (secondary N) is 1. The van der Waals surface area contributed by atoms with Crippen molar-refractivity contribution >= 4 is 39.9 Å². The van der Waals surface area contributed by atoms with Crippen LogP contribution in [0.1, 0.15) is 44.6 Å². The molecule has 0 bridgehead atoms. The minimum absolute atomic E-state index is 0.129. The Hall–Kier alpha value is -0.580. The average molecular weight is 362 g/mol. The van der Waals surface area contributed by atoms with Gasteiger partial charge in [0.15, 0.2) is 0 Å². The molecule has 0 radical (unpaired) electrons. The molecule has 0 heterocycles. The summed E-state index contributed by atoms with van der Waals surface area (Å²) in [6.07, 6.45) is 5.59. The third kappa shape index (κ3) is 4.97. The van der Waals surface area contributed by atoms with E-state index < -0.39 is 16.0 Å². The average Bonchev–Trinajstić information content (AvgIpc) is 2.50. The first-order valence-corrected chi connectivity index (χ1v) is 9.72. The maximum atomic E-state index is 12.4. The molecule has 1 N–H and O–H groups in total. The number of hydrogen-bond donors (Lipinski definition) is 1. The summed E-state index contributed by atoms with van der Waals surface area (Å²) in [4.78, 5) is 12.2. The van der Waals surface area contributed by atoms with Gasteiger partial charge >= 0.3 is 0 Å². The van der Waals surface area contributed by atoms with Gasteiger partial charge < -0.3 is 5.32 Å². The highest BCUT2D eigenvalue weighted by Crippen LogP contribution is 2.23. The third-order valence-corrected chi connectivity index (χ3v) is 6.21. The lowest BCUT2D eigenvalue weighted by molar-refractivity contribution is -0.121. The van der Waals surface area contributed by atoms with Gasteiger partial charge in [0.05, 0.1) is 5.75 Å². The van der Waals surface area contributed by atoms with E-state index in [2.05, 4.69) is 5.32 Å². The Morgan fingerprint density at radius 3 is 2.64 bits per heavy atom. The van der Waals surface area contributed by atoms with Crippen LogP contribution < -0.4 is 5.32 Å². The van der Waals surface area contributed by atoms with Crippen molar-refractivity contribution in [3.63, 3.8) is 0 Å². The first-order valence-electron chi connectivity index (χ1n) is 7.59. The first kappa shape index (κ1) is 17.8. The number of rotatable bonds is 5. The predicted molar refractivity (Wildman–Crippen MR) is 92.8 cm³/mol. The zero-order valence-corrected chi connectivity index (χ0v) is 14.9. The fourth-order valence-electron chi connectivity index (χ4n) is 2.60. The van der Waals surface area contributed by atoms with E-state index in [1.165, 1.54) is 6.42 Å². The Labute approximate surface area is 144 Å². The van der Waals surface area contributed by atoms with Gasteiger partial charge in [-0.2, -0.15) is 0 Å². The summed E-state index contributed by atoms with van der Waals surface area (Å²) in [5.41, 5.74) is 0.752. The molecule has 0 aliphatic heterocycles. The van der Waals surface area contributed by atoms with Crippen molar-refractivity contribution in [1.82, 2.24) is 5.32 Å². The Kier molecular flexibility index (Phi) is 6.72. The fraction of sp³-hybridized carbons (Fsp3) is 0.562. The van der Waals surface area contributed by atoms with Gasteiger partial charge in [0.25, 0.3) is 0 Å². The summed E-state index contributed by atoms with van der Waals surface area (Å²) < 4.78 is 12.4. The van der Waals surface area contributed by atoms with Gasteiger partial charge in [-0.05, 0) is 37.5 Å². The summed E-state index contributed by atoms with van der Waals surface area (Å²) in [5, 5.41) is 3.51. The first-order chi connectivity index (χ1) is 10.5. The van der Waals surface area contributed by atoms with Gasteiger partial charge in [0.1, 0.15) is 5.25 Å². The molecule has 1 aliphatic carbocycles. The van der Waals surface area contributed by atoms with Crippen LogP contribution in [0.15, 0.2) is 18.2 Å². The molecule has 2 unspecified atom stereocenters. The second-order valence-corrected chi connectivity index (χ2v) is 8.35. The lowest BCUT2D eigenvalue weighted by Crippen LogP contribution is -2.42. The number of halogens is 2. The molecule has 1 aliphatic rings. The number of carbonyl (C=O) groups excluding carboxylic acids is 1. The van der Waals surface area contributed by atoms with Crippen molar-refractivity contribution in [3.8, 4) is 0 Å². The van der Waals surface area contributed by atoms with E-state index in [0.717, 1.165) is 31.2 Å². The Balaban J connectivity index is 1.91. The molecule has 2 atom stereocenters. The van der Waals surface area contributed by atoms with Crippen molar-refractivity contribution in [1.29, 1.82) is 0 Å². The van der Waals surface area contributed by atoms with E-state index in [1.807, 2.05) is 0 Å². The molecule has 1 aromatic carbocycles. The zero-order chi connectivity index (χ0) is 16.1. The highest BCUT2D eigenvalue weighted by Gasteiger charge is 2.24. The summed E-state index contributed by atoms with van der Waals surface area (Å²) in [6, 6.07) is 5.34. The second-order valence-electron chi connectivity index (χ2n) is 5.75. The van der Waals surface area contributed by atoms with Gasteiger partial charge in [0.2, 0.25) is 5.91 Å². The summed E-state index contributed by atoms with van der Waals surface area (Å²) in [5.74, 6) is 0.130. The summed E-state index contributed by atoms with van der Waals surface area (Å²) in [6.45, 7) is 1.71. The summed E-state index contributed by atoms with van der Waals surface area (Å²) >= 11 is 11.9. The molecule has 3 nitrogen and oxygen atoms in total. The van der Waals surface area contributed by atoms with E-state index >= 15 is 0 Å². The Bertz CT molecular complexity index is 559. The van der Waals surface area contributed by atoms with Gasteiger partial charge in [-0.3, -0.25) is 9.00 Å². The molecule has 1 amide bonds. The molecule has 0 saturated heterocycles. The molecule has 1 fully saturated rings. The second kappa shape index (κ2) is 8.32. The number of hydrogen-bond acceptors (Lipinski definition) is 2. The number of benzene rings is 1. The van der Waals surface area contributed by atoms with E-state index in [0.29, 0.717) is 10.0 Å². The van der Waals surface area contributed by atoms with Crippen LogP contribution in [0.3, 0.4) is 0 Å². The molecule has 6 heteroatoms. The van der Waals surface area contributed by atoms with Gasteiger partial charge in [-0.15, -0.1) is 0 Å². The highest BCUT2D eigenvalue weighted by atomic mass is 35.5. The molecule has 1 saturated carbocycles. The van der Waals surface area contributed by atoms with Crippen molar-refractivity contribution in [2.24, 2.45) is 0 Å². The van der Waals surface area contributed by atoms with Gasteiger partial charge in [0, 0.05) is 26.9 Å². The molecule has 2 rings (SSSR count). The van der Waals surface area contributed by atoms with Crippen LogP contribution in [0.4, 0.5) is 0 Å². The van der Waals surface area contributed by atoms with Crippen molar-refractivity contribution < 1.29 is 9.00 Å². The lowest BCUT2D eigenvalue weighted by Gasteiger charge is -2.24. The quantitative estimate of drug-likeness (QED) is 0.858. The maximum absolute atomic E-state index is 12.4. The van der Waals surface area contributed by atoms with Crippen LogP contribution in [-0.2, 0) is 21.3 Å². The smallest absolute Gasteiger partial charge is 0.235 e. The SMILES string of the molecule is CC(C(=O)NC1CCCCC1)S(=O)Cc1ccc(Cl)cc1Cl. The van der Waals surface area contributed by atoms with E-state index in [4.69, 9.17) is 23.2 Å². The third-order valence-electron chi connectivity index (χ3n) is 4.03. The molecular weight excluding hydrogens is 341 g/mol. The number of carbonyl (C=O) groups is 1. The molecular formula is C16H21Cl2NO2S. The fourth-order valence-corrected chi connectivity index (χ4v) is 4.27. The van der Waals surface area contributed by atoms with E-state index in [9.17, 15) is 9.00 Å². The van der Waals surface area contributed by atoms with Crippen molar-refractivity contribution in [2.75, 3.05) is 0 Å². The van der Waals surface area contributed by atoms with Crippen LogP contribution in [-0.4, -0.2) is 21.4 Å². The van der Waals surface area contributed by atoms with Crippen molar-refractivity contribution in [3.05, 3.63) is 33.8 Å². The molecule has 0 aromatic heterocycles. The van der Waals surface area contributed by atoms with Crippen molar-refractivity contribution in [2.45, 2.75) is 56.1 Å². The van der Waals surface area contributed by atoms with E-state index in [-0.39, 0.29) is 17.7 Å². The Morgan fingerprint density at radius 2 is 2.00 bits per heavy atom. The minimum Gasteiger partial charge on any atom is -0.352 e. The Morgan fingerprint density at radius 1 is 1.32 bits per heavy atom. The van der Waals surface area contributed by atoms with Gasteiger partial charge in [-0.1, -0.05) is 48.5 Å². The van der Waals surface area contributed by atoms with Crippen LogP contribution in [0, 0.1) is 0 Å². The van der Waals surface area contributed by atoms with Crippen LogP contribution in [0.5, 0.6) is 0 Å². The highest BCUT2D eigenvalue weighted by molar-refractivity contribution is 7.85. The molecule has 1 aromatic rings. The number of amides is 1. The largest absolute Gasteiger partial charge is 0.352 e. The minimum atomic E-state index is -1.31. The standard InChI is InChI=1S/C16H21Cl2NO2S/c1-11(16(20)19-14-5-3-2-4-6-14)22(21)10-12-7-8-13(17)9-15(12)18/h7-9,11,14H,2-6,10H2,1H3,(H,19,20). The normalized spacial score (nSPS) is 18.7. The maximum Gasteiger partial charge on any atom is 0.235 e. The monoisotopic (exact) mass is 361 g/mol. The van der Waals surface area contributed by atoms with Crippen LogP contribution >= 0.6 is 23.2 Å². The molecule has 0 spiro atoms.